The molecule has 1 atom stereocenters. The average molecular weight is 322 g/mol. The van der Waals surface area contributed by atoms with E-state index in [1.54, 1.807) is 0 Å². The van der Waals surface area contributed by atoms with Crippen molar-refractivity contribution in [1.82, 2.24) is 16.0 Å². The molecule has 1 aromatic rings. The molecule has 1 amide bonds. The highest BCUT2D eigenvalue weighted by Crippen LogP contribution is 2.18. The highest BCUT2D eigenvalue weighted by Gasteiger charge is 2.22. The Morgan fingerprint density at radius 1 is 1.45 bits per heavy atom. The molecular formula is C16H26N4OS. The van der Waals surface area contributed by atoms with Crippen LogP contribution in [-0.2, 0) is 11.2 Å². The second kappa shape index (κ2) is 8.17. The number of nitrogens with zero attached hydrogens (tertiary/aromatic N) is 1. The molecule has 1 unspecified atom stereocenters. The molecule has 1 aliphatic carbocycles. The van der Waals surface area contributed by atoms with Gasteiger partial charge in [-0.3, -0.25) is 4.79 Å². The van der Waals surface area contributed by atoms with Crippen LogP contribution in [0.5, 0.6) is 0 Å². The molecule has 3 N–H and O–H groups in total. The first kappa shape index (κ1) is 16.8. The molecule has 5 nitrogen and oxygen atoms in total. The lowest BCUT2D eigenvalue weighted by Gasteiger charge is -2.17. The minimum Gasteiger partial charge on any atom is -0.357 e. The Bertz CT molecular complexity index is 522. The minimum absolute atomic E-state index is 0.00115. The summed E-state index contributed by atoms with van der Waals surface area (Å²) < 4.78 is 0. The topological polar surface area (TPSA) is 65.5 Å². The minimum atomic E-state index is 0.00115. The number of carbonyl (C=O) groups excluding carboxylic acids is 1. The molecule has 1 aliphatic rings. The predicted molar refractivity (Wildman–Crippen MR) is 92.5 cm³/mol. The Morgan fingerprint density at radius 2 is 2.23 bits per heavy atom. The number of nitrogens with one attached hydrogen (secondary N) is 3. The smallest absolute Gasteiger partial charge is 0.242 e. The third-order valence-electron chi connectivity index (χ3n) is 3.35. The first-order valence-corrected chi connectivity index (χ1v) is 8.78. The van der Waals surface area contributed by atoms with Crippen LogP contribution >= 0.6 is 11.3 Å². The first-order valence-electron chi connectivity index (χ1n) is 7.96. The van der Waals surface area contributed by atoms with Crippen LogP contribution in [0.3, 0.4) is 0 Å². The zero-order chi connectivity index (χ0) is 15.9. The van der Waals surface area contributed by atoms with Crippen LogP contribution in [-0.4, -0.2) is 37.0 Å². The van der Waals surface area contributed by atoms with Crippen molar-refractivity contribution in [3.05, 3.63) is 21.9 Å². The third-order valence-corrected chi connectivity index (χ3v) is 4.38. The Morgan fingerprint density at radius 3 is 2.82 bits per heavy atom. The SMILES string of the molecule is CCNC(=NCC(=O)NC1CC1)NC(C)Cc1ccc(C)s1. The Balaban J connectivity index is 1.81. The van der Waals surface area contributed by atoms with Crippen LogP contribution in [0.15, 0.2) is 17.1 Å². The monoisotopic (exact) mass is 322 g/mol. The highest BCUT2D eigenvalue weighted by molar-refractivity contribution is 7.11. The van der Waals surface area contributed by atoms with Crippen molar-refractivity contribution >= 4 is 23.2 Å². The molecule has 6 heteroatoms. The molecule has 22 heavy (non-hydrogen) atoms. The van der Waals surface area contributed by atoms with Gasteiger partial charge >= 0.3 is 0 Å². The van der Waals surface area contributed by atoms with Gasteiger partial charge in [0.1, 0.15) is 6.54 Å². The van der Waals surface area contributed by atoms with Gasteiger partial charge in [0.05, 0.1) is 0 Å². The van der Waals surface area contributed by atoms with Gasteiger partial charge in [-0.15, -0.1) is 11.3 Å². The second-order valence-electron chi connectivity index (χ2n) is 5.80. The van der Waals surface area contributed by atoms with E-state index in [0.717, 1.165) is 25.8 Å². The molecule has 0 aromatic carbocycles. The van der Waals surface area contributed by atoms with Crippen LogP contribution in [0.4, 0.5) is 0 Å². The molecule has 0 aliphatic heterocycles. The fourth-order valence-corrected chi connectivity index (χ4v) is 3.17. The maximum atomic E-state index is 11.7. The summed E-state index contributed by atoms with van der Waals surface area (Å²) in [6, 6.07) is 4.97. The zero-order valence-electron chi connectivity index (χ0n) is 13.6. The number of amides is 1. The largest absolute Gasteiger partial charge is 0.357 e. The van der Waals surface area contributed by atoms with Gasteiger partial charge in [-0.05, 0) is 45.7 Å². The van der Waals surface area contributed by atoms with Crippen molar-refractivity contribution in [2.24, 2.45) is 4.99 Å². The Kier molecular flexibility index (Phi) is 6.24. The lowest BCUT2D eigenvalue weighted by molar-refractivity contribution is -0.119. The fourth-order valence-electron chi connectivity index (χ4n) is 2.15. The lowest BCUT2D eigenvalue weighted by Crippen LogP contribution is -2.43. The molecule has 2 rings (SSSR count). The summed E-state index contributed by atoms with van der Waals surface area (Å²) in [6.07, 6.45) is 3.16. The molecule has 0 spiro atoms. The van der Waals surface area contributed by atoms with Crippen LogP contribution in [0.2, 0.25) is 0 Å². The van der Waals surface area contributed by atoms with Crippen LogP contribution in [0.1, 0.15) is 36.4 Å². The zero-order valence-corrected chi connectivity index (χ0v) is 14.4. The maximum absolute atomic E-state index is 11.7. The van der Waals surface area contributed by atoms with Gasteiger partial charge in [0.25, 0.3) is 0 Å². The standard InChI is InChI=1S/C16H26N4OS/c1-4-17-16(18-10-15(21)20-13-6-7-13)19-11(2)9-14-8-5-12(3)22-14/h5,8,11,13H,4,6-7,9-10H2,1-3H3,(H,20,21)(H2,17,18,19). The number of aliphatic imine (C=N–C) groups is 1. The molecule has 1 heterocycles. The van der Waals surface area contributed by atoms with Crippen LogP contribution < -0.4 is 16.0 Å². The van der Waals surface area contributed by atoms with Gasteiger partial charge in [0, 0.05) is 34.8 Å². The summed E-state index contributed by atoms with van der Waals surface area (Å²) >= 11 is 1.82. The van der Waals surface area contributed by atoms with Gasteiger partial charge in [0.15, 0.2) is 5.96 Å². The normalized spacial score (nSPS) is 16.2. The quantitative estimate of drug-likeness (QED) is 0.530. The number of hydrogen-bond acceptors (Lipinski definition) is 3. The number of rotatable bonds is 7. The molecule has 1 aromatic heterocycles. The van der Waals surface area contributed by atoms with E-state index in [-0.39, 0.29) is 18.5 Å². The summed E-state index contributed by atoms with van der Waals surface area (Å²) in [5.74, 6) is 0.704. The second-order valence-corrected chi connectivity index (χ2v) is 7.17. The van der Waals surface area contributed by atoms with E-state index in [2.05, 4.69) is 46.9 Å². The van der Waals surface area contributed by atoms with Crippen molar-refractivity contribution < 1.29 is 4.79 Å². The Labute approximate surface area is 136 Å². The molecule has 0 saturated heterocycles. The van der Waals surface area contributed by atoms with Gasteiger partial charge in [-0.25, -0.2) is 4.99 Å². The molecule has 1 fully saturated rings. The van der Waals surface area contributed by atoms with E-state index in [4.69, 9.17) is 0 Å². The van der Waals surface area contributed by atoms with Crippen LogP contribution in [0, 0.1) is 6.92 Å². The third kappa shape index (κ3) is 6.05. The van der Waals surface area contributed by atoms with Crippen molar-refractivity contribution in [2.45, 2.75) is 52.1 Å². The lowest BCUT2D eigenvalue weighted by atomic mass is 10.2. The van der Waals surface area contributed by atoms with E-state index >= 15 is 0 Å². The Hall–Kier alpha value is -1.56. The molecule has 0 radical (unpaired) electrons. The highest BCUT2D eigenvalue weighted by atomic mass is 32.1. The van der Waals surface area contributed by atoms with E-state index in [9.17, 15) is 4.79 Å². The average Bonchev–Trinajstić information content (AvgIpc) is 3.17. The number of guanidine groups is 1. The summed E-state index contributed by atoms with van der Waals surface area (Å²) in [7, 11) is 0. The molecule has 0 bridgehead atoms. The van der Waals surface area contributed by atoms with Gasteiger partial charge in [-0.2, -0.15) is 0 Å². The van der Waals surface area contributed by atoms with E-state index < -0.39 is 0 Å². The fraction of sp³-hybridized carbons (Fsp3) is 0.625. The first-order chi connectivity index (χ1) is 10.6. The van der Waals surface area contributed by atoms with Gasteiger partial charge in [0.2, 0.25) is 5.91 Å². The van der Waals surface area contributed by atoms with E-state index in [0.29, 0.717) is 12.0 Å². The number of carbonyl (C=O) groups is 1. The predicted octanol–water partition coefficient (Wildman–Crippen LogP) is 1.82. The van der Waals surface area contributed by atoms with Gasteiger partial charge in [-0.1, -0.05) is 0 Å². The summed E-state index contributed by atoms with van der Waals surface area (Å²) in [5.41, 5.74) is 0. The van der Waals surface area contributed by atoms with Crippen molar-refractivity contribution in [3.8, 4) is 0 Å². The van der Waals surface area contributed by atoms with Crippen molar-refractivity contribution in [2.75, 3.05) is 13.1 Å². The van der Waals surface area contributed by atoms with Crippen molar-refractivity contribution in [3.63, 3.8) is 0 Å². The van der Waals surface area contributed by atoms with Crippen molar-refractivity contribution in [1.29, 1.82) is 0 Å². The summed E-state index contributed by atoms with van der Waals surface area (Å²) in [4.78, 5) is 18.8. The molecular weight excluding hydrogens is 296 g/mol. The number of aryl methyl sites for hydroxylation is 1. The number of thiophene rings is 1. The van der Waals surface area contributed by atoms with Crippen LogP contribution in [0.25, 0.3) is 0 Å². The van der Waals surface area contributed by atoms with E-state index in [1.165, 1.54) is 9.75 Å². The summed E-state index contributed by atoms with van der Waals surface area (Å²) in [5, 5.41) is 9.50. The maximum Gasteiger partial charge on any atom is 0.242 e. The number of hydrogen-bond donors (Lipinski definition) is 3. The van der Waals surface area contributed by atoms with E-state index in [1.807, 2.05) is 18.3 Å². The summed E-state index contributed by atoms with van der Waals surface area (Å²) in [6.45, 7) is 7.23. The van der Waals surface area contributed by atoms with Gasteiger partial charge < -0.3 is 16.0 Å². The molecule has 1 saturated carbocycles. The molecule has 122 valence electrons.